The van der Waals surface area contributed by atoms with E-state index in [0.29, 0.717) is 20.8 Å². The number of hydrogen-bond donors (Lipinski definition) is 11. The van der Waals surface area contributed by atoms with Crippen LogP contribution in [0.4, 0.5) is 99.0 Å². The van der Waals surface area contributed by atoms with Crippen LogP contribution in [0.1, 0.15) is 134 Å². The maximum Gasteiger partial charge on any atom is 0.395 e. The van der Waals surface area contributed by atoms with Gasteiger partial charge in [0.15, 0.2) is 0 Å². The van der Waals surface area contributed by atoms with Crippen LogP contribution in [0.5, 0.6) is 0 Å². The lowest BCUT2D eigenvalue weighted by Gasteiger charge is -2.28. The largest absolute Gasteiger partial charge is 0.395 e. The van der Waals surface area contributed by atoms with Gasteiger partial charge in [-0.1, -0.05) is 46.4 Å². The number of primary amides is 1. The van der Waals surface area contributed by atoms with Gasteiger partial charge >= 0.3 is 24.7 Å². The molecular formula is C64H58Br2Cl4F12N20O12. The molecule has 3 unspecified atom stereocenters. The first-order valence-electron chi connectivity index (χ1n) is 32.5. The van der Waals surface area contributed by atoms with Crippen molar-refractivity contribution in [1.82, 2.24) is 64.5 Å². The van der Waals surface area contributed by atoms with E-state index in [1.807, 2.05) is 0 Å². The van der Waals surface area contributed by atoms with Crippen LogP contribution in [0.3, 0.4) is 0 Å². The smallest absolute Gasteiger partial charge is 0.384 e. The van der Waals surface area contributed by atoms with Crippen LogP contribution in [0, 0.1) is 17.8 Å². The van der Waals surface area contributed by atoms with Crippen LogP contribution >= 0.6 is 78.3 Å². The Morgan fingerprint density at radius 3 is 1.10 bits per heavy atom. The Bertz CT molecular complexity index is 5080. The number of hydrogen-bond acceptors (Lipinski definition) is 21. The summed E-state index contributed by atoms with van der Waals surface area (Å²) in [7, 11) is 0. The summed E-state index contributed by atoms with van der Waals surface area (Å²) < 4.78 is 152. The molecule has 3 fully saturated rings. The number of halogens is 18. The van der Waals surface area contributed by atoms with Gasteiger partial charge in [-0.05, 0) is 122 Å². The van der Waals surface area contributed by atoms with Crippen LogP contribution < -0.4 is 76.2 Å². The quantitative estimate of drug-likeness (QED) is 0.0425. The Hall–Kier alpha value is -10.3. The van der Waals surface area contributed by atoms with E-state index in [1.165, 1.54) is 30.6 Å². The second kappa shape index (κ2) is 34.8. The minimum atomic E-state index is -4.65. The fraction of sp³-hybridized carbons (Fsp3) is 0.375. The predicted molar refractivity (Wildman–Crippen MR) is 391 cm³/mol. The number of aromatic nitrogens is 10. The number of nitrogens with one attached hydrogen (secondary N) is 9. The number of carbonyl (C=O) groups is 8. The van der Waals surface area contributed by atoms with E-state index in [2.05, 4.69) is 109 Å². The lowest BCUT2D eigenvalue weighted by Crippen LogP contribution is -2.48. The van der Waals surface area contributed by atoms with Crippen molar-refractivity contribution in [3.8, 4) is 0 Å². The topological polar surface area (TPSA) is 461 Å². The van der Waals surface area contributed by atoms with Gasteiger partial charge in [-0.3, -0.25) is 71.2 Å². The Morgan fingerprint density at radius 1 is 0.474 bits per heavy atom. The van der Waals surface area contributed by atoms with Crippen molar-refractivity contribution in [2.45, 2.75) is 134 Å². The van der Waals surface area contributed by atoms with Crippen LogP contribution in [0.15, 0.2) is 89.6 Å². The number of alkyl halides is 12. The molecule has 13 rings (SSSR count). The fourth-order valence-corrected chi connectivity index (χ4v) is 13.0. The SMILES string of the molecule is CC(=O)CC(F)(F)F.CC1(CC(F)(F)F)NC(=O)c2c(Cl)cc(Br)c(=O)n21.CC1(CC(F)(F)F)NC(=O)c2c(Cl)cc(Nc3cc(NC(=O)C4CC4)ncn3)c(=O)n21.CC1(CC(F)(F)F)NC(=O)c2c(Cl)cc(Nc3cc(NC(=O)C4CC4)ncn3)c(=O)n21.NC(=O)c1[nH]c(=O)c(Br)cc1Cl.Nc1cc(NC(=O)C2CC2)ncn1. The van der Waals surface area contributed by atoms with Crippen molar-refractivity contribution >= 4 is 172 Å². The number of pyridine rings is 4. The molecule has 3 saturated carbocycles. The first-order chi connectivity index (χ1) is 52.7. The second-order valence-electron chi connectivity index (χ2n) is 26.2. The summed E-state index contributed by atoms with van der Waals surface area (Å²) in [6, 6.07) is 9.06. The third kappa shape index (κ3) is 23.7. The van der Waals surface area contributed by atoms with Crippen molar-refractivity contribution in [2.75, 3.05) is 32.3 Å². The fourth-order valence-electron chi connectivity index (χ4n) is 10.9. The van der Waals surface area contributed by atoms with E-state index in [9.17, 15) is 110 Å². The number of anilines is 8. The molecule has 0 saturated heterocycles. The number of amides is 7. The Labute approximate surface area is 667 Å². The molecule has 3 aliphatic heterocycles. The maximum atomic E-state index is 13.1. The highest BCUT2D eigenvalue weighted by Crippen LogP contribution is 2.41. The minimum Gasteiger partial charge on any atom is -0.384 e. The Balaban J connectivity index is 0.000000182. The molecule has 3 atom stereocenters. The number of ketones is 1. The van der Waals surface area contributed by atoms with Gasteiger partial charge in [0.1, 0.15) is 117 Å². The molecule has 612 valence electrons. The monoisotopic (exact) mass is 1820 g/mol. The molecule has 0 aromatic carbocycles. The van der Waals surface area contributed by atoms with Gasteiger partial charge in [0.05, 0.1) is 48.3 Å². The zero-order chi connectivity index (χ0) is 85.0. The zero-order valence-electron chi connectivity index (χ0n) is 58.5. The third-order valence-corrected chi connectivity index (χ3v) is 18.4. The molecule has 13 N–H and O–H groups in total. The van der Waals surface area contributed by atoms with E-state index in [1.54, 1.807) is 6.07 Å². The molecule has 6 aliphatic rings. The predicted octanol–water partition coefficient (Wildman–Crippen LogP) is 11.0. The number of nitrogens with zero attached hydrogens (tertiary/aromatic N) is 9. The average Bonchev–Trinajstić information content (AvgIpc) is 1.59. The maximum absolute atomic E-state index is 13.1. The van der Waals surface area contributed by atoms with Gasteiger partial charge in [-0.15, -0.1) is 0 Å². The lowest BCUT2D eigenvalue weighted by atomic mass is 10.1. The van der Waals surface area contributed by atoms with Crippen molar-refractivity contribution in [3.05, 3.63) is 155 Å². The van der Waals surface area contributed by atoms with Crippen LogP contribution in [-0.4, -0.2) is 120 Å². The average molecular weight is 1830 g/mol. The second-order valence-corrected chi connectivity index (χ2v) is 29.5. The van der Waals surface area contributed by atoms with Crippen LogP contribution in [-0.2, 0) is 36.2 Å². The zero-order valence-corrected chi connectivity index (χ0v) is 64.7. The highest BCUT2D eigenvalue weighted by atomic mass is 79.9. The molecule has 0 radical (unpaired) electrons. The van der Waals surface area contributed by atoms with Crippen molar-refractivity contribution in [2.24, 2.45) is 23.5 Å². The molecule has 7 aromatic heterocycles. The summed E-state index contributed by atoms with van der Waals surface area (Å²) in [5.41, 5.74) is -0.0450. The van der Waals surface area contributed by atoms with Crippen LogP contribution in [0.25, 0.3) is 0 Å². The summed E-state index contributed by atoms with van der Waals surface area (Å²) in [6.07, 6.45) is -15.0. The number of rotatable bonds is 15. The van der Waals surface area contributed by atoms with E-state index < -0.39 is 119 Å². The number of Topliss-reactive ketones (excluding diaryl/α,β-unsaturated/α-hetero) is 1. The van der Waals surface area contributed by atoms with Gasteiger partial charge < -0.3 is 59.0 Å². The molecule has 7 amide bonds. The van der Waals surface area contributed by atoms with Crippen LogP contribution in [0.2, 0.25) is 20.1 Å². The summed E-state index contributed by atoms with van der Waals surface area (Å²) in [6.45, 7) is 4.21. The van der Waals surface area contributed by atoms with Crippen molar-refractivity contribution in [3.63, 3.8) is 0 Å². The molecule has 7 aromatic rings. The number of nitrogen functional groups attached to an aromatic ring is 1. The third-order valence-electron chi connectivity index (χ3n) is 16.1. The molecule has 50 heteroatoms. The molecule has 10 heterocycles. The molecule has 0 spiro atoms. The first-order valence-corrected chi connectivity index (χ1v) is 35.6. The molecule has 114 heavy (non-hydrogen) atoms. The molecule has 32 nitrogen and oxygen atoms in total. The highest BCUT2D eigenvalue weighted by molar-refractivity contribution is 9.10. The molecular weight excluding hydrogens is 1770 g/mol. The first kappa shape index (κ1) is 89.2. The van der Waals surface area contributed by atoms with E-state index >= 15 is 0 Å². The standard InChI is InChI=1S/2C18H16ClF3N6O3.C10H7BrClF3N2O2.C8H10N4O.C6H4BrClN2O2.C4H5F3O/c2*1-17(6-18(20,21)22)27-15(30)13-9(19)4-10(16(31)28(13)17)25-11-5-12(24-7-23-11)26-14(29)8-2-3-8;1-9(3-10(13,14)15)16-7(18)6-5(12)2-4(11)8(19)17(6)9;9-6-3-7(11-4-10-6)12-8(13)5-1-2-5;7-2-1-3(8)4(5(9)11)10-6(2)12;1-3(8)2-4(5,6)7/h2*4-5,7-8H,2-3,6H2,1H3,(H,27,30)(H2,23,24,25,26,29);2H,3H2,1H3,(H,16,18);3-5H,1-2H2,(H3,9,10,11,12,13);1H,(H2,9,11)(H,10,12);2H2,1H3. The van der Waals surface area contributed by atoms with E-state index in [0.717, 1.165) is 95.6 Å². The highest BCUT2D eigenvalue weighted by Gasteiger charge is 2.52. The van der Waals surface area contributed by atoms with Gasteiger partial charge in [-0.25, -0.2) is 29.9 Å². The Kier molecular flexibility index (Phi) is 27.2. The molecule has 0 bridgehead atoms. The van der Waals surface area contributed by atoms with Gasteiger partial charge in [0, 0.05) is 36.0 Å². The Morgan fingerprint density at radius 2 is 0.789 bits per heavy atom. The number of fused-ring (bicyclic) bond motifs is 3. The summed E-state index contributed by atoms with van der Waals surface area (Å²) in [5, 5.41) is 19.4. The van der Waals surface area contributed by atoms with E-state index in [4.69, 9.17) is 57.9 Å². The lowest BCUT2D eigenvalue weighted by molar-refractivity contribution is -0.156. The van der Waals surface area contributed by atoms with Gasteiger partial charge in [-0.2, -0.15) is 52.7 Å². The van der Waals surface area contributed by atoms with Gasteiger partial charge in [0.2, 0.25) is 17.7 Å². The number of carbonyl (C=O) groups excluding carboxylic acids is 8. The van der Waals surface area contributed by atoms with E-state index in [-0.39, 0.29) is 122 Å². The van der Waals surface area contributed by atoms with Crippen molar-refractivity contribution < 1.29 is 91.0 Å². The van der Waals surface area contributed by atoms with Gasteiger partial charge in [0.25, 0.3) is 45.9 Å². The molecule has 3 aliphatic carbocycles. The number of nitrogens with two attached hydrogens (primary N) is 2. The summed E-state index contributed by atoms with van der Waals surface area (Å²) in [5.74, 6) is -3.01. The summed E-state index contributed by atoms with van der Waals surface area (Å²) >= 11 is 29.5. The van der Waals surface area contributed by atoms with Crippen molar-refractivity contribution in [1.29, 1.82) is 0 Å². The summed E-state index contributed by atoms with van der Waals surface area (Å²) in [4.78, 5) is 166. The number of H-pyrrole nitrogens is 1. The number of aromatic amines is 1. The normalized spacial score (nSPS) is 18.3. The minimum absolute atomic E-state index is 0.00819.